The molecular weight excluding hydrogens is 243 g/mol. The van der Waals surface area contributed by atoms with Crippen molar-refractivity contribution in [1.29, 1.82) is 0 Å². The second kappa shape index (κ2) is 6.75. The number of hydrogen-bond donors (Lipinski definition) is 0. The molecule has 0 N–H and O–H groups in total. The molecule has 6 heteroatoms. The molecular formula is C9H9NaO3S2. The van der Waals surface area contributed by atoms with E-state index in [0.29, 0.717) is 0 Å². The molecule has 76 valence electrons. The molecule has 1 unspecified atom stereocenters. The Bertz CT molecular complexity index is 429. The van der Waals surface area contributed by atoms with Crippen LogP contribution in [0.1, 0.15) is 11.1 Å². The summed E-state index contributed by atoms with van der Waals surface area (Å²) in [5, 5.41) is 0. The molecule has 0 aromatic heterocycles. The fraction of sp³-hybridized carbons (Fsp3) is 0.111. The van der Waals surface area contributed by atoms with Crippen molar-refractivity contribution in [2.45, 2.75) is 6.61 Å². The second-order valence-electron chi connectivity index (χ2n) is 2.57. The maximum absolute atomic E-state index is 10.6. The van der Waals surface area contributed by atoms with Crippen molar-refractivity contribution in [1.82, 2.24) is 0 Å². The summed E-state index contributed by atoms with van der Waals surface area (Å²) in [5.74, 6) is 0. The molecule has 1 aromatic carbocycles. The Balaban J connectivity index is 0.00000196. The summed E-state index contributed by atoms with van der Waals surface area (Å²) in [5.41, 5.74) is 1.59. The van der Waals surface area contributed by atoms with E-state index >= 15 is 0 Å². The van der Waals surface area contributed by atoms with Gasteiger partial charge >= 0.3 is 29.6 Å². The summed E-state index contributed by atoms with van der Waals surface area (Å²) in [4.78, 5) is 0. The molecule has 0 aliphatic heterocycles. The minimum Gasteiger partial charge on any atom is -0.748 e. The van der Waals surface area contributed by atoms with Gasteiger partial charge in [0.05, 0.1) is 15.7 Å². The van der Waals surface area contributed by atoms with E-state index in [1.54, 1.807) is 18.2 Å². The van der Waals surface area contributed by atoms with Crippen molar-refractivity contribution in [3.63, 3.8) is 0 Å². The summed E-state index contributed by atoms with van der Waals surface area (Å²) >= 11 is 4.09. The molecule has 0 saturated carbocycles. The van der Waals surface area contributed by atoms with E-state index in [9.17, 15) is 8.76 Å². The summed E-state index contributed by atoms with van der Waals surface area (Å²) in [7, 11) is -3.80. The van der Waals surface area contributed by atoms with Gasteiger partial charge in [-0.2, -0.15) is 0 Å². The van der Waals surface area contributed by atoms with Crippen LogP contribution in [0.15, 0.2) is 30.8 Å². The molecule has 1 atom stereocenters. The van der Waals surface area contributed by atoms with E-state index in [1.807, 2.05) is 12.1 Å². The molecule has 1 rings (SSSR count). The topological polar surface area (TPSA) is 49.4 Å². The zero-order valence-electron chi connectivity index (χ0n) is 8.34. The van der Waals surface area contributed by atoms with Crippen LogP contribution >= 0.6 is 0 Å². The first-order chi connectivity index (χ1) is 6.53. The van der Waals surface area contributed by atoms with Crippen molar-refractivity contribution in [3.05, 3.63) is 42.0 Å². The van der Waals surface area contributed by atoms with E-state index in [1.165, 1.54) is 0 Å². The van der Waals surface area contributed by atoms with Gasteiger partial charge in [0.25, 0.3) is 0 Å². The van der Waals surface area contributed by atoms with Crippen molar-refractivity contribution in [3.8, 4) is 0 Å². The first kappa shape index (κ1) is 15.2. The standard InChI is InChI=1S/C9H10O3S2.Na/c1-2-8-5-3-4-6-9(8)7-12-14(10,11)13;/h2-6H,1,7H2,(H,10,11,13);/q;+1/p-1. The van der Waals surface area contributed by atoms with Crippen LogP contribution in [-0.2, 0) is 31.0 Å². The molecule has 0 aliphatic rings. The third kappa shape index (κ3) is 5.77. The summed E-state index contributed by atoms with van der Waals surface area (Å²) < 4.78 is 25.6. The summed E-state index contributed by atoms with van der Waals surface area (Å²) in [6.07, 6.45) is 1.63. The monoisotopic (exact) mass is 252 g/mol. The zero-order valence-corrected chi connectivity index (χ0v) is 12.0. The normalized spacial score (nSPS) is 13.7. The molecule has 0 aliphatic carbocycles. The number of benzene rings is 1. The first-order valence-corrected chi connectivity index (χ1v) is 6.17. The molecule has 0 saturated heterocycles. The molecule has 0 radical (unpaired) electrons. The molecule has 0 amide bonds. The first-order valence-electron chi connectivity index (χ1n) is 3.83. The van der Waals surface area contributed by atoms with Gasteiger partial charge < -0.3 is 4.55 Å². The maximum atomic E-state index is 10.6. The molecule has 0 bridgehead atoms. The Morgan fingerprint density at radius 3 is 2.67 bits per heavy atom. The van der Waals surface area contributed by atoms with Crippen LogP contribution in [0.2, 0.25) is 0 Å². The molecule has 0 heterocycles. The minimum absolute atomic E-state index is 0. The Hall–Kier alpha value is 0.250. The Morgan fingerprint density at radius 2 is 2.13 bits per heavy atom. The number of hydrogen-bond acceptors (Lipinski definition) is 4. The Kier molecular flexibility index (Phi) is 6.86. The van der Waals surface area contributed by atoms with Gasteiger partial charge in [-0.25, -0.2) is 4.21 Å². The fourth-order valence-electron chi connectivity index (χ4n) is 1.00. The average Bonchev–Trinajstić information content (AvgIpc) is 2.14. The van der Waals surface area contributed by atoms with Gasteiger partial charge in [0.1, 0.15) is 0 Å². The summed E-state index contributed by atoms with van der Waals surface area (Å²) in [6, 6.07) is 7.21. The SMILES string of the molecule is C=Cc1ccccc1COS(=O)([O-])=S.[Na+]. The third-order valence-corrected chi connectivity index (χ3v) is 2.33. The Morgan fingerprint density at radius 1 is 1.53 bits per heavy atom. The van der Waals surface area contributed by atoms with E-state index in [0.717, 1.165) is 11.1 Å². The van der Waals surface area contributed by atoms with E-state index in [4.69, 9.17) is 0 Å². The average molecular weight is 252 g/mol. The van der Waals surface area contributed by atoms with Gasteiger partial charge in [0.2, 0.25) is 0 Å². The van der Waals surface area contributed by atoms with Gasteiger partial charge in [-0.05, 0) is 22.3 Å². The van der Waals surface area contributed by atoms with Crippen molar-refractivity contribution < 1.29 is 42.5 Å². The van der Waals surface area contributed by atoms with Crippen LogP contribution < -0.4 is 29.6 Å². The quantitative estimate of drug-likeness (QED) is 0.621. The van der Waals surface area contributed by atoms with Crippen LogP contribution in [-0.4, -0.2) is 8.76 Å². The van der Waals surface area contributed by atoms with E-state index in [2.05, 4.69) is 22.0 Å². The molecule has 0 fully saturated rings. The molecule has 3 nitrogen and oxygen atoms in total. The molecule has 15 heavy (non-hydrogen) atoms. The second-order valence-corrected chi connectivity index (χ2v) is 4.85. The van der Waals surface area contributed by atoms with E-state index in [-0.39, 0.29) is 36.2 Å². The van der Waals surface area contributed by atoms with Gasteiger partial charge in [0, 0.05) is 0 Å². The largest absolute Gasteiger partial charge is 1.00 e. The van der Waals surface area contributed by atoms with Gasteiger partial charge in [-0.15, -0.1) is 0 Å². The zero-order chi connectivity index (χ0) is 10.6. The van der Waals surface area contributed by atoms with Crippen LogP contribution in [0, 0.1) is 0 Å². The van der Waals surface area contributed by atoms with Gasteiger partial charge in [-0.3, -0.25) is 4.18 Å². The van der Waals surface area contributed by atoms with Crippen LogP contribution in [0.25, 0.3) is 6.08 Å². The van der Waals surface area contributed by atoms with Crippen LogP contribution in [0.3, 0.4) is 0 Å². The van der Waals surface area contributed by atoms with Crippen LogP contribution in [0.5, 0.6) is 0 Å². The van der Waals surface area contributed by atoms with E-state index < -0.39 is 9.05 Å². The fourth-order valence-corrected chi connectivity index (χ4v) is 1.42. The van der Waals surface area contributed by atoms with Crippen molar-refractivity contribution in [2.24, 2.45) is 0 Å². The predicted octanol–water partition coefficient (Wildman–Crippen LogP) is -1.36. The van der Waals surface area contributed by atoms with Crippen LogP contribution in [0.4, 0.5) is 0 Å². The number of rotatable bonds is 4. The molecule has 1 aromatic rings. The smallest absolute Gasteiger partial charge is 0.748 e. The van der Waals surface area contributed by atoms with Gasteiger partial charge in [0.15, 0.2) is 0 Å². The minimum atomic E-state index is -3.80. The maximum Gasteiger partial charge on any atom is 1.00 e. The van der Waals surface area contributed by atoms with Crippen molar-refractivity contribution in [2.75, 3.05) is 0 Å². The van der Waals surface area contributed by atoms with Crippen molar-refractivity contribution >= 4 is 26.3 Å². The Labute approximate surface area is 117 Å². The predicted molar refractivity (Wildman–Crippen MR) is 57.6 cm³/mol. The van der Waals surface area contributed by atoms with Gasteiger partial charge in [-0.1, -0.05) is 36.9 Å². The molecule has 0 spiro atoms. The summed E-state index contributed by atoms with van der Waals surface area (Å²) in [6.45, 7) is 3.56. The third-order valence-electron chi connectivity index (χ3n) is 1.63.